The molecule has 0 aliphatic heterocycles. The highest BCUT2D eigenvalue weighted by Crippen LogP contribution is 2.40. The van der Waals surface area contributed by atoms with E-state index in [0.717, 1.165) is 4.88 Å². The fraction of sp³-hybridized carbons (Fsp3) is 0.529. The normalized spacial score (nSPS) is 16.0. The minimum Gasteiger partial charge on any atom is -0.374 e. The molecule has 0 fully saturated rings. The first-order valence-corrected chi connectivity index (χ1v) is 9.42. The van der Waals surface area contributed by atoms with Crippen LogP contribution in [0.3, 0.4) is 0 Å². The Morgan fingerprint density at radius 2 is 2.19 bits per heavy atom. The van der Waals surface area contributed by atoms with Gasteiger partial charge in [-0.1, -0.05) is 6.07 Å². The maximum Gasteiger partial charge on any atom is 0.424 e. The molecule has 0 spiro atoms. The fourth-order valence-corrected chi connectivity index (χ4v) is 3.34. The average Bonchev–Trinajstić information content (AvgIpc) is 3.25. The van der Waals surface area contributed by atoms with Crippen LogP contribution in [-0.2, 0) is 12.6 Å². The number of guanidine groups is 1. The lowest BCUT2D eigenvalue weighted by molar-refractivity contribution is -0.272. The number of aryl methyl sites for hydroxylation is 1. The summed E-state index contributed by atoms with van der Waals surface area (Å²) < 4.78 is 41.8. The Morgan fingerprint density at radius 1 is 1.44 bits per heavy atom. The predicted molar refractivity (Wildman–Crippen MR) is 99.6 cm³/mol. The molecule has 2 rings (SSSR count). The van der Waals surface area contributed by atoms with Crippen molar-refractivity contribution in [3.05, 3.63) is 40.6 Å². The van der Waals surface area contributed by atoms with Crippen molar-refractivity contribution < 1.29 is 18.3 Å². The number of rotatable bonds is 7. The van der Waals surface area contributed by atoms with Gasteiger partial charge in [0.1, 0.15) is 5.82 Å². The molecule has 0 aliphatic rings. The SMILES string of the molecule is CCNC(=NCCC(O)(c1nccn1C)C(F)(F)F)NC(C)c1cccs1. The van der Waals surface area contributed by atoms with Crippen LogP contribution in [0.25, 0.3) is 0 Å². The maximum absolute atomic E-state index is 13.5. The van der Waals surface area contributed by atoms with Gasteiger partial charge >= 0.3 is 6.18 Å². The fourth-order valence-electron chi connectivity index (χ4n) is 2.61. The Bertz CT molecular complexity index is 744. The van der Waals surface area contributed by atoms with Crippen LogP contribution in [0.5, 0.6) is 0 Å². The number of thiophene rings is 1. The second kappa shape index (κ2) is 8.75. The highest BCUT2D eigenvalue weighted by molar-refractivity contribution is 7.10. The summed E-state index contributed by atoms with van der Waals surface area (Å²) in [6.07, 6.45) is -2.91. The van der Waals surface area contributed by atoms with Gasteiger partial charge in [0.05, 0.1) is 6.04 Å². The Morgan fingerprint density at radius 3 is 2.70 bits per heavy atom. The topological polar surface area (TPSA) is 74.5 Å². The number of aliphatic hydroxyl groups is 1. The number of halogens is 3. The van der Waals surface area contributed by atoms with Crippen molar-refractivity contribution in [3.8, 4) is 0 Å². The van der Waals surface area contributed by atoms with Gasteiger partial charge in [0, 0.05) is 43.8 Å². The van der Waals surface area contributed by atoms with Crippen molar-refractivity contribution in [1.29, 1.82) is 0 Å². The van der Waals surface area contributed by atoms with Crippen LogP contribution in [-0.4, -0.2) is 39.9 Å². The summed E-state index contributed by atoms with van der Waals surface area (Å²) in [4.78, 5) is 8.97. The third kappa shape index (κ3) is 5.01. The number of aromatic nitrogens is 2. The molecule has 2 aromatic heterocycles. The zero-order chi connectivity index (χ0) is 20.1. The van der Waals surface area contributed by atoms with Gasteiger partial charge in [-0.25, -0.2) is 4.98 Å². The van der Waals surface area contributed by atoms with E-state index in [2.05, 4.69) is 20.6 Å². The largest absolute Gasteiger partial charge is 0.424 e. The van der Waals surface area contributed by atoms with Crippen LogP contribution >= 0.6 is 11.3 Å². The van der Waals surface area contributed by atoms with E-state index in [-0.39, 0.29) is 12.6 Å². The maximum atomic E-state index is 13.5. The van der Waals surface area contributed by atoms with E-state index < -0.39 is 24.0 Å². The lowest BCUT2D eigenvalue weighted by atomic mass is 9.98. The number of hydrogen-bond acceptors (Lipinski definition) is 4. The van der Waals surface area contributed by atoms with E-state index in [9.17, 15) is 18.3 Å². The zero-order valence-corrected chi connectivity index (χ0v) is 16.2. The van der Waals surface area contributed by atoms with Gasteiger partial charge in [-0.3, -0.25) is 4.99 Å². The molecular formula is C17H24F3N5OS. The molecule has 0 saturated carbocycles. The van der Waals surface area contributed by atoms with Crippen LogP contribution in [0.15, 0.2) is 34.9 Å². The molecule has 0 bridgehead atoms. The quantitative estimate of drug-likeness (QED) is 0.491. The van der Waals surface area contributed by atoms with Gasteiger partial charge in [0.15, 0.2) is 5.96 Å². The summed E-state index contributed by atoms with van der Waals surface area (Å²) in [6, 6.07) is 3.85. The first-order chi connectivity index (χ1) is 12.7. The molecule has 0 aliphatic carbocycles. The second-order valence-corrected chi connectivity index (χ2v) is 7.09. The number of aliphatic imine (C=N–C) groups is 1. The lowest BCUT2D eigenvalue weighted by Crippen LogP contribution is -2.45. The molecule has 2 aromatic rings. The van der Waals surface area contributed by atoms with Gasteiger partial charge in [-0.15, -0.1) is 11.3 Å². The van der Waals surface area contributed by atoms with Gasteiger partial charge in [0.25, 0.3) is 0 Å². The van der Waals surface area contributed by atoms with E-state index in [0.29, 0.717) is 12.5 Å². The van der Waals surface area contributed by atoms with E-state index in [1.54, 1.807) is 11.3 Å². The summed E-state index contributed by atoms with van der Waals surface area (Å²) in [7, 11) is 1.41. The molecule has 2 unspecified atom stereocenters. The van der Waals surface area contributed by atoms with E-state index >= 15 is 0 Å². The Labute approximate surface area is 160 Å². The predicted octanol–water partition coefficient (Wildman–Crippen LogP) is 2.94. The smallest absolute Gasteiger partial charge is 0.374 e. The highest BCUT2D eigenvalue weighted by Gasteiger charge is 2.57. The second-order valence-electron chi connectivity index (χ2n) is 6.11. The summed E-state index contributed by atoms with van der Waals surface area (Å²) in [5.74, 6) is -0.0575. The molecule has 150 valence electrons. The lowest BCUT2D eigenvalue weighted by Gasteiger charge is -2.29. The molecule has 27 heavy (non-hydrogen) atoms. The van der Waals surface area contributed by atoms with E-state index in [1.807, 2.05) is 31.4 Å². The molecule has 2 atom stereocenters. The zero-order valence-electron chi connectivity index (χ0n) is 15.4. The van der Waals surface area contributed by atoms with Crippen molar-refractivity contribution in [1.82, 2.24) is 20.2 Å². The number of hydrogen-bond donors (Lipinski definition) is 3. The number of alkyl halides is 3. The molecule has 0 aromatic carbocycles. The number of nitrogens with one attached hydrogen (secondary N) is 2. The van der Waals surface area contributed by atoms with Gasteiger partial charge in [0.2, 0.25) is 5.60 Å². The molecule has 0 radical (unpaired) electrons. The van der Waals surface area contributed by atoms with Gasteiger partial charge in [-0.2, -0.15) is 13.2 Å². The van der Waals surface area contributed by atoms with Crippen molar-refractivity contribution in [2.45, 2.75) is 38.1 Å². The first kappa shape index (κ1) is 21.2. The number of nitrogens with zero attached hydrogens (tertiary/aromatic N) is 3. The molecule has 10 heteroatoms. The van der Waals surface area contributed by atoms with Crippen molar-refractivity contribution in [2.75, 3.05) is 13.1 Å². The average molecular weight is 403 g/mol. The molecule has 6 nitrogen and oxygen atoms in total. The molecule has 2 heterocycles. The minimum absolute atomic E-state index is 0.0427. The van der Waals surface area contributed by atoms with Crippen LogP contribution in [0.4, 0.5) is 13.2 Å². The summed E-state index contributed by atoms with van der Waals surface area (Å²) >= 11 is 1.58. The molecule has 0 amide bonds. The Kier molecular flexibility index (Phi) is 6.88. The van der Waals surface area contributed by atoms with Crippen LogP contribution in [0.2, 0.25) is 0 Å². The van der Waals surface area contributed by atoms with Crippen molar-refractivity contribution in [2.24, 2.45) is 12.0 Å². The van der Waals surface area contributed by atoms with Crippen molar-refractivity contribution >= 4 is 17.3 Å². The molecular weight excluding hydrogens is 379 g/mol. The van der Waals surface area contributed by atoms with Gasteiger partial charge < -0.3 is 20.3 Å². The third-order valence-corrected chi connectivity index (χ3v) is 5.13. The Hall–Kier alpha value is -2.07. The minimum atomic E-state index is -4.86. The van der Waals surface area contributed by atoms with Crippen LogP contribution < -0.4 is 10.6 Å². The van der Waals surface area contributed by atoms with E-state index in [1.165, 1.54) is 24.0 Å². The summed E-state index contributed by atoms with van der Waals surface area (Å²) in [5, 5.41) is 18.5. The summed E-state index contributed by atoms with van der Waals surface area (Å²) in [5.41, 5.74) is -3.06. The van der Waals surface area contributed by atoms with Crippen LogP contribution in [0, 0.1) is 0 Å². The monoisotopic (exact) mass is 403 g/mol. The molecule has 0 saturated heterocycles. The Balaban J connectivity index is 2.13. The standard InChI is InChI=1S/C17H24F3N5OS/c1-4-21-15(24-12(2)13-6-5-11-27-13)23-8-7-16(26,17(18,19)20)14-22-9-10-25(14)3/h5-6,9-12,26H,4,7-8H2,1-3H3,(H2,21,23,24). The van der Waals surface area contributed by atoms with Crippen molar-refractivity contribution in [3.63, 3.8) is 0 Å². The number of imidazole rings is 1. The highest BCUT2D eigenvalue weighted by atomic mass is 32.1. The summed E-state index contributed by atoms with van der Waals surface area (Å²) in [6.45, 7) is 4.15. The van der Waals surface area contributed by atoms with E-state index in [4.69, 9.17) is 0 Å². The first-order valence-electron chi connectivity index (χ1n) is 8.54. The van der Waals surface area contributed by atoms with Gasteiger partial charge in [-0.05, 0) is 25.3 Å². The van der Waals surface area contributed by atoms with Crippen LogP contribution in [0.1, 0.15) is 37.0 Å². The molecule has 3 N–H and O–H groups in total. The third-order valence-electron chi connectivity index (χ3n) is 4.07.